The molecule has 0 N–H and O–H groups in total. The average Bonchev–Trinajstić information content (AvgIpc) is 2.00. The minimum Gasteiger partial charge on any atom is -0.294 e. The maximum absolute atomic E-state index is 11.2. The van der Waals surface area contributed by atoms with E-state index in [1.54, 1.807) is 0 Å². The maximum atomic E-state index is 11.2. The molecule has 0 atom stereocenters. The van der Waals surface area contributed by atoms with Crippen molar-refractivity contribution in [2.45, 2.75) is 26.7 Å². The van der Waals surface area contributed by atoms with Crippen LogP contribution in [0.25, 0.3) is 0 Å². The van der Waals surface area contributed by atoms with Crippen LogP contribution in [0.15, 0.2) is 20.1 Å². The van der Waals surface area contributed by atoms with E-state index in [1.165, 1.54) is 11.1 Å². The molecule has 12 heavy (non-hydrogen) atoms. The third-order valence-electron chi connectivity index (χ3n) is 1.91. The van der Waals surface area contributed by atoms with E-state index in [4.69, 9.17) is 0 Å². The third kappa shape index (κ3) is 1.88. The number of ketones is 1. The SMILES string of the molecule is CC(C)=C1CCC(=O)C(Br)=C1Br. The molecule has 0 radical (unpaired) electrons. The van der Waals surface area contributed by atoms with E-state index < -0.39 is 0 Å². The zero-order valence-corrected chi connectivity index (χ0v) is 10.3. The zero-order chi connectivity index (χ0) is 9.30. The van der Waals surface area contributed by atoms with E-state index in [0.717, 1.165) is 10.9 Å². The van der Waals surface area contributed by atoms with E-state index in [9.17, 15) is 4.79 Å². The number of Topliss-reactive ketones (excluding diaryl/α,β-unsaturated/α-hetero) is 1. The van der Waals surface area contributed by atoms with Crippen molar-refractivity contribution in [3.05, 3.63) is 20.1 Å². The molecular weight excluding hydrogens is 284 g/mol. The molecule has 0 bridgehead atoms. The Morgan fingerprint density at radius 3 is 2.25 bits per heavy atom. The first-order chi connectivity index (χ1) is 5.54. The summed E-state index contributed by atoms with van der Waals surface area (Å²) in [6, 6.07) is 0. The molecule has 3 heteroatoms. The van der Waals surface area contributed by atoms with Gasteiger partial charge in [-0.05, 0) is 57.7 Å². The predicted molar refractivity (Wildman–Crippen MR) is 57.5 cm³/mol. The smallest absolute Gasteiger partial charge is 0.171 e. The van der Waals surface area contributed by atoms with Gasteiger partial charge in [0.05, 0.1) is 4.48 Å². The molecule has 0 amide bonds. The minimum absolute atomic E-state index is 0.187. The molecule has 0 saturated heterocycles. The summed E-state index contributed by atoms with van der Waals surface area (Å²) in [5, 5.41) is 0. The van der Waals surface area contributed by atoms with Crippen LogP contribution in [0.2, 0.25) is 0 Å². The maximum Gasteiger partial charge on any atom is 0.171 e. The van der Waals surface area contributed by atoms with Gasteiger partial charge in [0, 0.05) is 10.9 Å². The van der Waals surface area contributed by atoms with E-state index in [1.807, 2.05) is 0 Å². The summed E-state index contributed by atoms with van der Waals surface area (Å²) in [4.78, 5) is 11.2. The second-order valence-electron chi connectivity index (χ2n) is 3.03. The molecule has 0 fully saturated rings. The highest BCUT2D eigenvalue weighted by Crippen LogP contribution is 2.36. The molecule has 1 nitrogen and oxygen atoms in total. The lowest BCUT2D eigenvalue weighted by Gasteiger charge is -2.15. The molecule has 1 aliphatic carbocycles. The first-order valence-electron chi connectivity index (χ1n) is 3.79. The van der Waals surface area contributed by atoms with Gasteiger partial charge in [-0.15, -0.1) is 0 Å². The number of hydrogen-bond acceptors (Lipinski definition) is 1. The van der Waals surface area contributed by atoms with Gasteiger partial charge in [-0.25, -0.2) is 0 Å². The fraction of sp³-hybridized carbons (Fsp3) is 0.444. The summed E-state index contributed by atoms with van der Waals surface area (Å²) in [6.07, 6.45) is 1.48. The standard InChI is InChI=1S/C9H10Br2O/c1-5(2)6-3-4-7(12)9(11)8(6)10/h3-4H2,1-2H3. The van der Waals surface area contributed by atoms with Gasteiger partial charge in [-0.3, -0.25) is 4.79 Å². The van der Waals surface area contributed by atoms with Crippen LogP contribution in [-0.4, -0.2) is 5.78 Å². The Morgan fingerprint density at radius 1 is 1.17 bits per heavy atom. The normalized spacial score (nSPS) is 18.7. The Balaban J connectivity index is 3.16. The second kappa shape index (κ2) is 3.88. The van der Waals surface area contributed by atoms with Crippen molar-refractivity contribution in [1.29, 1.82) is 0 Å². The highest BCUT2D eigenvalue weighted by molar-refractivity contribution is 9.14. The lowest BCUT2D eigenvalue weighted by atomic mass is 9.97. The van der Waals surface area contributed by atoms with E-state index >= 15 is 0 Å². The Kier molecular flexibility index (Phi) is 3.29. The van der Waals surface area contributed by atoms with Crippen molar-refractivity contribution >= 4 is 37.6 Å². The first-order valence-corrected chi connectivity index (χ1v) is 5.38. The van der Waals surface area contributed by atoms with Crippen LogP contribution >= 0.6 is 31.9 Å². The highest BCUT2D eigenvalue weighted by atomic mass is 79.9. The number of hydrogen-bond donors (Lipinski definition) is 0. The largest absolute Gasteiger partial charge is 0.294 e. The van der Waals surface area contributed by atoms with Gasteiger partial charge >= 0.3 is 0 Å². The summed E-state index contributed by atoms with van der Waals surface area (Å²) in [6.45, 7) is 4.12. The van der Waals surface area contributed by atoms with Gasteiger partial charge in [0.25, 0.3) is 0 Å². The van der Waals surface area contributed by atoms with Crippen LogP contribution in [-0.2, 0) is 4.79 Å². The highest BCUT2D eigenvalue weighted by Gasteiger charge is 2.20. The van der Waals surface area contributed by atoms with Crippen LogP contribution in [0.1, 0.15) is 26.7 Å². The van der Waals surface area contributed by atoms with E-state index in [0.29, 0.717) is 10.9 Å². The van der Waals surface area contributed by atoms with Crippen LogP contribution < -0.4 is 0 Å². The van der Waals surface area contributed by atoms with Crippen LogP contribution in [0.5, 0.6) is 0 Å². The van der Waals surface area contributed by atoms with E-state index in [-0.39, 0.29) is 5.78 Å². The third-order valence-corrected chi connectivity index (χ3v) is 4.15. The van der Waals surface area contributed by atoms with Crippen LogP contribution in [0.4, 0.5) is 0 Å². The first kappa shape index (κ1) is 10.2. The van der Waals surface area contributed by atoms with Gasteiger partial charge in [0.15, 0.2) is 5.78 Å². The molecule has 0 aromatic heterocycles. The number of allylic oxidation sites excluding steroid dienone is 4. The monoisotopic (exact) mass is 292 g/mol. The second-order valence-corrected chi connectivity index (χ2v) is 4.62. The zero-order valence-electron chi connectivity index (χ0n) is 7.08. The van der Waals surface area contributed by atoms with Gasteiger partial charge in [-0.1, -0.05) is 5.57 Å². The van der Waals surface area contributed by atoms with Crippen molar-refractivity contribution in [1.82, 2.24) is 0 Å². The Bertz CT molecular complexity index is 283. The molecule has 66 valence electrons. The molecule has 0 saturated carbocycles. The lowest BCUT2D eigenvalue weighted by molar-refractivity contribution is -0.115. The Morgan fingerprint density at radius 2 is 1.75 bits per heavy atom. The van der Waals surface area contributed by atoms with Gasteiger partial charge < -0.3 is 0 Å². The molecule has 0 unspecified atom stereocenters. The predicted octanol–water partition coefficient (Wildman–Crippen LogP) is 3.69. The van der Waals surface area contributed by atoms with Gasteiger partial charge in [-0.2, -0.15) is 0 Å². The van der Waals surface area contributed by atoms with Crippen LogP contribution in [0.3, 0.4) is 0 Å². The summed E-state index contributed by atoms with van der Waals surface area (Å²) < 4.78 is 1.61. The van der Waals surface area contributed by atoms with Crippen molar-refractivity contribution in [3.8, 4) is 0 Å². The number of carbonyl (C=O) groups excluding carboxylic acids is 1. The van der Waals surface area contributed by atoms with Crippen LogP contribution in [0, 0.1) is 0 Å². The number of rotatable bonds is 0. The molecule has 0 aliphatic heterocycles. The Labute approximate surface area is 89.2 Å². The summed E-state index contributed by atoms with van der Waals surface area (Å²) >= 11 is 6.69. The molecule has 0 heterocycles. The molecular formula is C9H10Br2O. The van der Waals surface area contributed by atoms with Crippen molar-refractivity contribution in [3.63, 3.8) is 0 Å². The average molecular weight is 294 g/mol. The molecule has 0 aromatic carbocycles. The summed E-state index contributed by atoms with van der Waals surface area (Å²) in [5.41, 5.74) is 2.52. The van der Waals surface area contributed by atoms with E-state index in [2.05, 4.69) is 45.7 Å². The molecule has 1 rings (SSSR count). The Hall–Kier alpha value is 0.110. The fourth-order valence-corrected chi connectivity index (χ4v) is 2.44. The quantitative estimate of drug-likeness (QED) is 0.666. The van der Waals surface area contributed by atoms with Gasteiger partial charge in [0.1, 0.15) is 0 Å². The van der Waals surface area contributed by atoms with Crippen molar-refractivity contribution in [2.75, 3.05) is 0 Å². The number of carbonyl (C=O) groups is 1. The summed E-state index contributed by atoms with van der Waals surface area (Å²) in [7, 11) is 0. The number of halogens is 2. The molecule has 0 aromatic rings. The van der Waals surface area contributed by atoms with Gasteiger partial charge in [0.2, 0.25) is 0 Å². The lowest BCUT2D eigenvalue weighted by Crippen LogP contribution is -2.07. The topological polar surface area (TPSA) is 17.1 Å². The molecule has 0 spiro atoms. The van der Waals surface area contributed by atoms with Crippen molar-refractivity contribution < 1.29 is 4.79 Å². The van der Waals surface area contributed by atoms with Crippen molar-refractivity contribution in [2.24, 2.45) is 0 Å². The summed E-state index contributed by atoms with van der Waals surface area (Å²) in [5.74, 6) is 0.187. The molecule has 1 aliphatic rings. The fourth-order valence-electron chi connectivity index (χ4n) is 1.18. The minimum atomic E-state index is 0.187.